The molecule has 0 saturated carbocycles. The van der Waals surface area contributed by atoms with Crippen LogP contribution < -0.4 is 10.6 Å². The van der Waals surface area contributed by atoms with Gasteiger partial charge in [-0.05, 0) is 31.5 Å². The fourth-order valence-corrected chi connectivity index (χ4v) is 2.46. The van der Waals surface area contributed by atoms with Crippen LogP contribution in [-0.4, -0.2) is 16.0 Å². The summed E-state index contributed by atoms with van der Waals surface area (Å²) >= 11 is 0. The summed E-state index contributed by atoms with van der Waals surface area (Å²) in [4.78, 5) is 9.10. The highest BCUT2D eigenvalue weighted by molar-refractivity contribution is 5.64. The van der Waals surface area contributed by atoms with Gasteiger partial charge in [0.2, 0.25) is 5.95 Å². The first kappa shape index (κ1) is 16.9. The minimum absolute atomic E-state index is 0.224. The molecule has 3 aromatic rings. The highest BCUT2D eigenvalue weighted by atomic mass is 19.1. The van der Waals surface area contributed by atoms with Gasteiger partial charge in [0.1, 0.15) is 11.6 Å². The molecule has 0 aliphatic carbocycles. The number of halogens is 1. The van der Waals surface area contributed by atoms with Crippen LogP contribution in [0.15, 0.2) is 60.7 Å². The predicted octanol–water partition coefficient (Wildman–Crippen LogP) is 4.72. The standard InChI is InChI=1S/C20H21FN4/c1-14(2)23-20-24-18(16-8-4-3-5-9-16)12-19(25-20)22-13-15-7-6-10-17(21)11-15/h3-12,14H,13H2,1-2H3,(H2,22,23,24,25). The third kappa shape index (κ3) is 4.76. The first-order valence-electron chi connectivity index (χ1n) is 8.29. The SMILES string of the molecule is CC(C)Nc1nc(NCc2cccc(F)c2)cc(-c2ccccc2)n1. The number of hydrogen-bond acceptors (Lipinski definition) is 4. The van der Waals surface area contributed by atoms with Crippen LogP contribution in [0.5, 0.6) is 0 Å². The zero-order chi connectivity index (χ0) is 17.6. The first-order chi connectivity index (χ1) is 12.1. The number of benzene rings is 2. The average Bonchev–Trinajstić information content (AvgIpc) is 2.60. The molecule has 25 heavy (non-hydrogen) atoms. The molecule has 4 nitrogen and oxygen atoms in total. The van der Waals surface area contributed by atoms with Crippen LogP contribution in [0.4, 0.5) is 16.2 Å². The average molecular weight is 336 g/mol. The van der Waals surface area contributed by atoms with Gasteiger partial charge in [-0.15, -0.1) is 0 Å². The molecule has 1 heterocycles. The van der Waals surface area contributed by atoms with E-state index in [2.05, 4.69) is 20.6 Å². The molecule has 2 N–H and O–H groups in total. The van der Waals surface area contributed by atoms with Gasteiger partial charge in [0.05, 0.1) is 5.69 Å². The van der Waals surface area contributed by atoms with Gasteiger partial charge >= 0.3 is 0 Å². The number of hydrogen-bond donors (Lipinski definition) is 2. The summed E-state index contributed by atoms with van der Waals surface area (Å²) in [6, 6.07) is 18.6. The molecule has 0 fully saturated rings. The van der Waals surface area contributed by atoms with Gasteiger partial charge in [-0.1, -0.05) is 42.5 Å². The molecule has 1 aromatic heterocycles. The first-order valence-corrected chi connectivity index (χ1v) is 8.29. The van der Waals surface area contributed by atoms with Crippen molar-refractivity contribution >= 4 is 11.8 Å². The Morgan fingerprint density at radius 3 is 2.48 bits per heavy atom. The van der Waals surface area contributed by atoms with E-state index in [0.717, 1.165) is 16.8 Å². The van der Waals surface area contributed by atoms with Gasteiger partial charge in [-0.25, -0.2) is 9.37 Å². The van der Waals surface area contributed by atoms with Crippen LogP contribution in [-0.2, 0) is 6.54 Å². The maximum absolute atomic E-state index is 13.3. The highest BCUT2D eigenvalue weighted by Crippen LogP contribution is 2.22. The molecule has 0 radical (unpaired) electrons. The van der Waals surface area contributed by atoms with E-state index in [0.29, 0.717) is 18.3 Å². The van der Waals surface area contributed by atoms with Gasteiger partial charge in [-0.3, -0.25) is 0 Å². The van der Waals surface area contributed by atoms with E-state index in [9.17, 15) is 4.39 Å². The van der Waals surface area contributed by atoms with Crippen molar-refractivity contribution in [3.8, 4) is 11.3 Å². The van der Waals surface area contributed by atoms with E-state index in [1.165, 1.54) is 12.1 Å². The Morgan fingerprint density at radius 1 is 0.960 bits per heavy atom. The van der Waals surface area contributed by atoms with Crippen molar-refractivity contribution in [2.45, 2.75) is 26.4 Å². The minimum atomic E-state index is -0.242. The molecule has 2 aromatic carbocycles. The van der Waals surface area contributed by atoms with Crippen molar-refractivity contribution < 1.29 is 4.39 Å². The van der Waals surface area contributed by atoms with Gasteiger partial charge in [0.15, 0.2) is 0 Å². The van der Waals surface area contributed by atoms with Crippen molar-refractivity contribution in [2.24, 2.45) is 0 Å². The fourth-order valence-electron chi connectivity index (χ4n) is 2.46. The molecular weight excluding hydrogens is 315 g/mol. The molecule has 3 rings (SSSR count). The molecule has 0 saturated heterocycles. The topological polar surface area (TPSA) is 49.8 Å². The van der Waals surface area contributed by atoms with Crippen LogP contribution in [0.25, 0.3) is 11.3 Å². The summed E-state index contributed by atoms with van der Waals surface area (Å²) in [6.07, 6.45) is 0. The lowest BCUT2D eigenvalue weighted by Crippen LogP contribution is -2.14. The number of aromatic nitrogens is 2. The van der Waals surface area contributed by atoms with Crippen LogP contribution in [0, 0.1) is 5.82 Å². The van der Waals surface area contributed by atoms with Gasteiger partial charge < -0.3 is 10.6 Å². The van der Waals surface area contributed by atoms with Crippen LogP contribution in [0.2, 0.25) is 0 Å². The molecule has 0 spiro atoms. The maximum Gasteiger partial charge on any atom is 0.225 e. The fraction of sp³-hybridized carbons (Fsp3) is 0.200. The Hall–Kier alpha value is -2.95. The van der Waals surface area contributed by atoms with Gasteiger partial charge in [0.25, 0.3) is 0 Å². The number of nitrogens with one attached hydrogen (secondary N) is 2. The predicted molar refractivity (Wildman–Crippen MR) is 100.0 cm³/mol. The number of anilines is 2. The molecule has 0 bridgehead atoms. The van der Waals surface area contributed by atoms with Crippen molar-refractivity contribution in [3.63, 3.8) is 0 Å². The molecule has 0 unspecified atom stereocenters. The largest absolute Gasteiger partial charge is 0.366 e. The van der Waals surface area contributed by atoms with E-state index in [1.54, 1.807) is 6.07 Å². The monoisotopic (exact) mass is 336 g/mol. The zero-order valence-corrected chi connectivity index (χ0v) is 14.3. The lowest BCUT2D eigenvalue weighted by atomic mass is 10.1. The Bertz CT molecular complexity index is 834. The van der Waals surface area contributed by atoms with Gasteiger partial charge in [0, 0.05) is 24.2 Å². The van der Waals surface area contributed by atoms with Crippen molar-refractivity contribution in [1.82, 2.24) is 9.97 Å². The molecule has 128 valence electrons. The molecular formula is C20H21FN4. The Kier molecular flexibility index (Phi) is 5.23. The lowest BCUT2D eigenvalue weighted by molar-refractivity contribution is 0.626. The van der Waals surface area contributed by atoms with Crippen LogP contribution >= 0.6 is 0 Å². The summed E-state index contributed by atoms with van der Waals surface area (Å²) in [7, 11) is 0. The normalized spacial score (nSPS) is 10.7. The Balaban J connectivity index is 1.86. The molecule has 0 aliphatic heterocycles. The van der Waals surface area contributed by atoms with Crippen molar-refractivity contribution in [2.75, 3.05) is 10.6 Å². The summed E-state index contributed by atoms with van der Waals surface area (Å²) in [6.45, 7) is 4.57. The van der Waals surface area contributed by atoms with E-state index in [-0.39, 0.29) is 11.9 Å². The van der Waals surface area contributed by atoms with Crippen molar-refractivity contribution in [3.05, 3.63) is 72.0 Å². The molecule has 0 atom stereocenters. The number of nitrogens with zero attached hydrogens (tertiary/aromatic N) is 2. The maximum atomic E-state index is 13.3. The van der Waals surface area contributed by atoms with E-state index >= 15 is 0 Å². The second kappa shape index (κ2) is 7.75. The van der Waals surface area contributed by atoms with Crippen LogP contribution in [0.1, 0.15) is 19.4 Å². The second-order valence-corrected chi connectivity index (χ2v) is 6.11. The third-order valence-corrected chi connectivity index (χ3v) is 3.58. The van der Waals surface area contributed by atoms with E-state index in [1.807, 2.05) is 56.3 Å². The minimum Gasteiger partial charge on any atom is -0.366 e. The summed E-state index contributed by atoms with van der Waals surface area (Å²) in [5.74, 6) is 1.02. The molecule has 5 heteroatoms. The van der Waals surface area contributed by atoms with Crippen molar-refractivity contribution in [1.29, 1.82) is 0 Å². The number of rotatable bonds is 6. The van der Waals surface area contributed by atoms with Gasteiger partial charge in [-0.2, -0.15) is 4.98 Å². The van der Waals surface area contributed by atoms with E-state index < -0.39 is 0 Å². The smallest absolute Gasteiger partial charge is 0.225 e. The molecule has 0 aliphatic rings. The second-order valence-electron chi connectivity index (χ2n) is 6.11. The third-order valence-electron chi connectivity index (χ3n) is 3.58. The van der Waals surface area contributed by atoms with Crippen LogP contribution in [0.3, 0.4) is 0 Å². The van der Waals surface area contributed by atoms with E-state index in [4.69, 9.17) is 0 Å². The Labute approximate surface area is 147 Å². The quantitative estimate of drug-likeness (QED) is 0.684. The summed E-state index contributed by atoms with van der Waals surface area (Å²) < 4.78 is 13.3. The molecule has 0 amide bonds. The zero-order valence-electron chi connectivity index (χ0n) is 14.3. The lowest BCUT2D eigenvalue weighted by Gasteiger charge is -2.13. The Morgan fingerprint density at radius 2 is 1.76 bits per heavy atom. The summed E-state index contributed by atoms with van der Waals surface area (Å²) in [5, 5.41) is 6.49. The highest BCUT2D eigenvalue weighted by Gasteiger charge is 2.08. The summed E-state index contributed by atoms with van der Waals surface area (Å²) in [5.41, 5.74) is 2.71.